The van der Waals surface area contributed by atoms with Crippen molar-refractivity contribution >= 4 is 11.8 Å². The van der Waals surface area contributed by atoms with E-state index in [-0.39, 0.29) is 23.7 Å². The Labute approximate surface area is 221 Å². The molecule has 0 spiro atoms. The molecule has 0 unspecified atom stereocenters. The van der Waals surface area contributed by atoms with Crippen LogP contribution in [0.4, 0.5) is 0 Å². The number of benzene rings is 1. The Morgan fingerprint density at radius 1 is 1.00 bits per heavy atom. The number of para-hydroxylation sites is 1. The van der Waals surface area contributed by atoms with Gasteiger partial charge in [0.05, 0.1) is 6.54 Å². The number of fused-ring (bicyclic) bond motifs is 3. The molecule has 4 aliphatic rings. The van der Waals surface area contributed by atoms with Crippen LogP contribution < -0.4 is 4.74 Å². The SMILES string of the molecule is CN1CCN(C(=O)C[C@@H]2CCN3C[C@@H]2/C=C/COc2ccccc2CN(C2CCOCC2)CC3=O)CC1. The Morgan fingerprint density at radius 3 is 2.59 bits per heavy atom. The Kier molecular flexibility index (Phi) is 8.79. The van der Waals surface area contributed by atoms with Crippen molar-refractivity contribution in [3.63, 3.8) is 0 Å². The molecule has 3 fully saturated rings. The molecule has 2 atom stereocenters. The lowest BCUT2D eigenvalue weighted by Crippen LogP contribution is -2.51. The molecule has 4 aliphatic heterocycles. The smallest absolute Gasteiger partial charge is 0.236 e. The first-order valence-corrected chi connectivity index (χ1v) is 14.0. The number of hydrogen-bond acceptors (Lipinski definition) is 6. The summed E-state index contributed by atoms with van der Waals surface area (Å²) in [7, 11) is 2.11. The molecule has 3 saturated heterocycles. The molecule has 37 heavy (non-hydrogen) atoms. The van der Waals surface area contributed by atoms with Gasteiger partial charge in [-0.25, -0.2) is 0 Å². The molecular weight excluding hydrogens is 468 g/mol. The third kappa shape index (κ3) is 6.72. The third-order valence-electron chi connectivity index (χ3n) is 8.56. The van der Waals surface area contributed by atoms with Gasteiger partial charge in [0.25, 0.3) is 0 Å². The number of piperidine rings is 1. The molecular formula is C29H42N4O4. The summed E-state index contributed by atoms with van der Waals surface area (Å²) < 4.78 is 11.8. The predicted octanol–water partition coefficient (Wildman–Crippen LogP) is 2.25. The average Bonchev–Trinajstić information content (AvgIpc) is 2.93. The summed E-state index contributed by atoms with van der Waals surface area (Å²) in [4.78, 5) is 35.4. The Morgan fingerprint density at radius 2 is 1.78 bits per heavy atom. The van der Waals surface area contributed by atoms with Crippen LogP contribution in [0.2, 0.25) is 0 Å². The van der Waals surface area contributed by atoms with Crippen LogP contribution in [0, 0.1) is 11.8 Å². The first kappa shape index (κ1) is 26.2. The van der Waals surface area contributed by atoms with Crippen LogP contribution in [0.3, 0.4) is 0 Å². The summed E-state index contributed by atoms with van der Waals surface area (Å²) in [5.74, 6) is 1.72. The van der Waals surface area contributed by atoms with Gasteiger partial charge in [0.2, 0.25) is 11.8 Å². The lowest BCUT2D eigenvalue weighted by atomic mass is 9.82. The second-order valence-corrected chi connectivity index (χ2v) is 11.0. The lowest BCUT2D eigenvalue weighted by Gasteiger charge is -2.40. The van der Waals surface area contributed by atoms with E-state index in [9.17, 15) is 9.59 Å². The van der Waals surface area contributed by atoms with Crippen LogP contribution in [-0.4, -0.2) is 110 Å². The zero-order chi connectivity index (χ0) is 25.6. The van der Waals surface area contributed by atoms with Crippen molar-refractivity contribution in [2.45, 2.75) is 38.3 Å². The van der Waals surface area contributed by atoms with E-state index in [1.807, 2.05) is 28.0 Å². The summed E-state index contributed by atoms with van der Waals surface area (Å²) >= 11 is 0. The standard InChI is InChI=1S/C29H42N4O4/c1-30-12-14-31(15-13-30)28(34)19-23-8-11-32-20-24(23)6-4-16-37-27-7-3-2-5-25(27)21-33(22-29(32)35)26-9-17-36-18-10-26/h2-7,23-24,26H,8-22H2,1H3/b6-4+/t23-,24-/m0/s1. The van der Waals surface area contributed by atoms with Crippen molar-refractivity contribution < 1.29 is 19.1 Å². The lowest BCUT2D eigenvalue weighted by molar-refractivity contribution is -0.137. The van der Waals surface area contributed by atoms with Gasteiger partial charge in [0.1, 0.15) is 12.4 Å². The van der Waals surface area contributed by atoms with E-state index >= 15 is 0 Å². The zero-order valence-electron chi connectivity index (χ0n) is 22.2. The number of nitrogens with zero attached hydrogens (tertiary/aromatic N) is 4. The first-order chi connectivity index (χ1) is 18.1. The maximum Gasteiger partial charge on any atom is 0.236 e. The fourth-order valence-electron chi connectivity index (χ4n) is 6.14. The highest BCUT2D eigenvalue weighted by molar-refractivity contribution is 5.79. The topological polar surface area (TPSA) is 65.6 Å². The maximum atomic E-state index is 13.6. The average molecular weight is 511 g/mol. The number of carbonyl (C=O) groups excluding carboxylic acids is 2. The largest absolute Gasteiger partial charge is 0.489 e. The fourth-order valence-corrected chi connectivity index (χ4v) is 6.14. The van der Waals surface area contributed by atoms with Crippen LogP contribution >= 0.6 is 0 Å². The number of amides is 2. The number of rotatable bonds is 3. The minimum Gasteiger partial charge on any atom is -0.489 e. The van der Waals surface area contributed by atoms with E-state index in [0.29, 0.717) is 38.7 Å². The summed E-state index contributed by atoms with van der Waals surface area (Å²) in [5.41, 5.74) is 1.11. The van der Waals surface area contributed by atoms with E-state index in [1.54, 1.807) is 0 Å². The Bertz CT molecular complexity index is 955. The molecule has 8 heteroatoms. The number of ether oxygens (including phenoxy) is 2. The monoisotopic (exact) mass is 510 g/mol. The highest BCUT2D eigenvalue weighted by atomic mass is 16.5. The van der Waals surface area contributed by atoms with Gasteiger partial charge < -0.3 is 24.2 Å². The summed E-state index contributed by atoms with van der Waals surface area (Å²) in [6.45, 7) is 7.94. The van der Waals surface area contributed by atoms with Crippen molar-refractivity contribution in [1.82, 2.24) is 19.6 Å². The molecule has 202 valence electrons. The Balaban J connectivity index is 1.32. The van der Waals surface area contributed by atoms with Crippen molar-refractivity contribution in [3.05, 3.63) is 42.0 Å². The maximum absolute atomic E-state index is 13.6. The molecule has 0 saturated carbocycles. The summed E-state index contributed by atoms with van der Waals surface area (Å²) in [6, 6.07) is 8.49. The summed E-state index contributed by atoms with van der Waals surface area (Å²) in [5, 5.41) is 0. The van der Waals surface area contributed by atoms with Crippen molar-refractivity contribution in [2.24, 2.45) is 11.8 Å². The first-order valence-electron chi connectivity index (χ1n) is 14.0. The third-order valence-corrected chi connectivity index (χ3v) is 8.56. The number of piperazine rings is 1. The van der Waals surface area contributed by atoms with Crippen LogP contribution in [0.25, 0.3) is 0 Å². The van der Waals surface area contributed by atoms with E-state index < -0.39 is 0 Å². The molecule has 1 aromatic rings. The molecule has 4 heterocycles. The van der Waals surface area contributed by atoms with Crippen molar-refractivity contribution in [2.75, 3.05) is 72.7 Å². The second kappa shape index (κ2) is 12.4. The van der Waals surface area contributed by atoms with Gasteiger partial charge in [0.15, 0.2) is 0 Å². The van der Waals surface area contributed by atoms with Crippen LogP contribution in [0.5, 0.6) is 5.75 Å². The van der Waals surface area contributed by atoms with Gasteiger partial charge in [-0.1, -0.05) is 30.4 Å². The minimum absolute atomic E-state index is 0.158. The van der Waals surface area contributed by atoms with Gasteiger partial charge >= 0.3 is 0 Å². The van der Waals surface area contributed by atoms with E-state index in [0.717, 1.165) is 76.5 Å². The normalized spacial score (nSPS) is 27.9. The number of likely N-dealkylation sites (N-methyl/N-ethyl adjacent to an activating group) is 1. The molecule has 0 N–H and O–H groups in total. The van der Waals surface area contributed by atoms with E-state index in [1.165, 1.54) is 0 Å². The Hall–Kier alpha value is -2.42. The molecule has 0 aromatic heterocycles. The fraction of sp³-hybridized carbons (Fsp3) is 0.655. The van der Waals surface area contributed by atoms with E-state index in [2.05, 4.69) is 35.1 Å². The number of hydrogen-bond donors (Lipinski definition) is 0. The number of carbonyl (C=O) groups is 2. The van der Waals surface area contributed by atoms with Crippen molar-refractivity contribution in [3.8, 4) is 5.75 Å². The summed E-state index contributed by atoms with van der Waals surface area (Å²) in [6.07, 6.45) is 7.57. The highest BCUT2D eigenvalue weighted by Crippen LogP contribution is 2.30. The molecule has 5 rings (SSSR count). The van der Waals surface area contributed by atoms with E-state index in [4.69, 9.17) is 9.47 Å². The van der Waals surface area contributed by atoms with Gasteiger partial charge in [-0.15, -0.1) is 0 Å². The van der Waals surface area contributed by atoms with Gasteiger partial charge in [-0.05, 0) is 44.2 Å². The molecule has 2 amide bonds. The van der Waals surface area contributed by atoms with Crippen LogP contribution in [-0.2, 0) is 20.9 Å². The van der Waals surface area contributed by atoms with Crippen LogP contribution in [0.15, 0.2) is 36.4 Å². The molecule has 1 aromatic carbocycles. The van der Waals surface area contributed by atoms with Gasteiger partial charge in [-0.2, -0.15) is 0 Å². The molecule has 8 nitrogen and oxygen atoms in total. The predicted molar refractivity (Wildman–Crippen MR) is 142 cm³/mol. The van der Waals surface area contributed by atoms with Gasteiger partial charge in [0, 0.05) is 77.1 Å². The molecule has 0 aliphatic carbocycles. The second-order valence-electron chi connectivity index (χ2n) is 11.0. The quantitative estimate of drug-likeness (QED) is 0.582. The van der Waals surface area contributed by atoms with Crippen LogP contribution in [0.1, 0.15) is 31.2 Å². The zero-order valence-corrected chi connectivity index (χ0v) is 22.2. The molecule has 2 bridgehead atoms. The van der Waals surface area contributed by atoms with Gasteiger partial charge in [-0.3, -0.25) is 14.5 Å². The highest BCUT2D eigenvalue weighted by Gasteiger charge is 2.34. The van der Waals surface area contributed by atoms with Crippen molar-refractivity contribution in [1.29, 1.82) is 0 Å². The minimum atomic E-state index is 0.158. The molecule has 0 radical (unpaired) electrons.